The molecule has 2 aromatic heterocycles. The number of nitrogens with one attached hydrogen (secondary N) is 1. The van der Waals surface area contributed by atoms with E-state index in [0.29, 0.717) is 18.7 Å². The van der Waals surface area contributed by atoms with Crippen molar-refractivity contribution in [2.24, 2.45) is 0 Å². The molecule has 10 heteroatoms. The topological polar surface area (TPSA) is 102 Å². The number of benzene rings is 1. The maximum Gasteiger partial charge on any atom is 0.306 e. The first-order valence-electron chi connectivity index (χ1n) is 9.42. The third-order valence-corrected chi connectivity index (χ3v) is 4.98. The first kappa shape index (κ1) is 22.2. The Hall–Kier alpha value is -3.53. The van der Waals surface area contributed by atoms with Crippen LogP contribution in [0.1, 0.15) is 36.0 Å². The molecule has 31 heavy (non-hydrogen) atoms. The highest BCUT2D eigenvalue weighted by atomic mass is 32.1. The molecule has 0 atom stereocenters. The van der Waals surface area contributed by atoms with Crippen LogP contribution in [0.2, 0.25) is 0 Å². The fourth-order valence-electron chi connectivity index (χ4n) is 2.66. The van der Waals surface area contributed by atoms with Gasteiger partial charge in [-0.15, -0.1) is 11.3 Å². The van der Waals surface area contributed by atoms with E-state index in [1.54, 1.807) is 23.6 Å². The normalized spacial score (nSPS) is 10.5. The number of esters is 1. The second kappa shape index (κ2) is 10.5. The molecule has 0 fully saturated rings. The quantitative estimate of drug-likeness (QED) is 0.397. The Bertz CT molecular complexity index is 1050. The van der Waals surface area contributed by atoms with E-state index in [2.05, 4.69) is 10.3 Å². The van der Waals surface area contributed by atoms with Crippen molar-refractivity contribution in [1.29, 1.82) is 0 Å². The summed E-state index contributed by atoms with van der Waals surface area (Å²) in [4.78, 5) is 41.1. The van der Waals surface area contributed by atoms with Crippen LogP contribution in [0.25, 0.3) is 0 Å². The Morgan fingerprint density at radius 3 is 2.74 bits per heavy atom. The molecule has 3 rings (SSSR count). The lowest BCUT2D eigenvalue weighted by Gasteiger charge is -2.18. The van der Waals surface area contributed by atoms with E-state index in [4.69, 9.17) is 9.15 Å². The van der Waals surface area contributed by atoms with Crippen molar-refractivity contribution in [2.45, 2.75) is 26.4 Å². The van der Waals surface area contributed by atoms with Crippen LogP contribution >= 0.6 is 11.3 Å². The van der Waals surface area contributed by atoms with Gasteiger partial charge in [0.15, 0.2) is 10.9 Å². The van der Waals surface area contributed by atoms with Crippen molar-refractivity contribution >= 4 is 39.9 Å². The minimum Gasteiger partial charge on any atom is -0.459 e. The molecule has 8 nitrogen and oxygen atoms in total. The predicted octanol–water partition coefficient (Wildman–Crippen LogP) is 3.81. The molecule has 162 valence electrons. The second-order valence-electron chi connectivity index (χ2n) is 6.42. The van der Waals surface area contributed by atoms with Gasteiger partial charge < -0.3 is 14.5 Å². The maximum atomic E-state index is 14.1. The highest BCUT2D eigenvalue weighted by Gasteiger charge is 2.21. The number of ether oxygens (including phenoxy) is 1. The van der Waals surface area contributed by atoms with Crippen molar-refractivity contribution < 1.29 is 27.9 Å². The number of amides is 2. The lowest BCUT2D eigenvalue weighted by atomic mass is 10.3. The molecular formula is C21H20FN3O5S. The van der Waals surface area contributed by atoms with Crippen molar-refractivity contribution in [1.82, 2.24) is 10.3 Å². The van der Waals surface area contributed by atoms with E-state index in [1.165, 1.54) is 36.3 Å². The lowest BCUT2D eigenvalue weighted by molar-refractivity contribution is -0.145. The van der Waals surface area contributed by atoms with Crippen LogP contribution in [0.5, 0.6) is 0 Å². The number of para-hydroxylation sites is 1. The zero-order valence-corrected chi connectivity index (χ0v) is 17.5. The summed E-state index contributed by atoms with van der Waals surface area (Å²) in [7, 11) is 0. The van der Waals surface area contributed by atoms with E-state index in [9.17, 15) is 18.8 Å². The number of nitrogens with zero attached hydrogens (tertiary/aromatic N) is 2. The molecule has 2 amide bonds. The number of halogens is 1. The van der Waals surface area contributed by atoms with Gasteiger partial charge in [-0.2, -0.15) is 0 Å². The number of anilines is 2. The van der Waals surface area contributed by atoms with Crippen LogP contribution in [0, 0.1) is 5.82 Å². The van der Waals surface area contributed by atoms with Gasteiger partial charge in [0, 0.05) is 25.3 Å². The van der Waals surface area contributed by atoms with Gasteiger partial charge in [0.05, 0.1) is 17.6 Å². The molecule has 0 aliphatic rings. The Balaban J connectivity index is 1.47. The number of rotatable bonds is 9. The monoisotopic (exact) mass is 445 g/mol. The fourth-order valence-corrected chi connectivity index (χ4v) is 3.53. The first-order chi connectivity index (χ1) is 15.0. The minimum absolute atomic E-state index is 0.0723. The number of furan rings is 1. The SMILES string of the molecule is CC(=O)N(c1nc(COC(=O)CCCNC(=O)c2ccco2)cs1)c1ccccc1F. The summed E-state index contributed by atoms with van der Waals surface area (Å²) in [5.74, 6) is -1.52. The highest BCUT2D eigenvalue weighted by Crippen LogP contribution is 2.30. The Labute approximate surface area is 181 Å². The molecule has 0 aliphatic carbocycles. The Morgan fingerprint density at radius 2 is 2.03 bits per heavy atom. The van der Waals surface area contributed by atoms with Gasteiger partial charge in [-0.25, -0.2) is 9.37 Å². The third-order valence-electron chi connectivity index (χ3n) is 4.11. The van der Waals surface area contributed by atoms with E-state index < -0.39 is 11.8 Å². The van der Waals surface area contributed by atoms with Gasteiger partial charge in [0.25, 0.3) is 5.91 Å². The van der Waals surface area contributed by atoms with Crippen LogP contribution in [0.3, 0.4) is 0 Å². The molecule has 0 radical (unpaired) electrons. The minimum atomic E-state index is -0.542. The van der Waals surface area contributed by atoms with Crippen LogP contribution in [-0.4, -0.2) is 29.3 Å². The summed E-state index contributed by atoms with van der Waals surface area (Å²) in [6.45, 7) is 1.54. The van der Waals surface area contributed by atoms with Crippen LogP contribution in [0.15, 0.2) is 52.5 Å². The molecular weight excluding hydrogens is 425 g/mol. The number of aromatic nitrogens is 1. The van der Waals surface area contributed by atoms with Gasteiger partial charge in [0.2, 0.25) is 5.91 Å². The number of carbonyl (C=O) groups is 3. The number of hydrogen-bond acceptors (Lipinski definition) is 7. The summed E-state index contributed by atoms with van der Waals surface area (Å²) < 4.78 is 24.3. The van der Waals surface area contributed by atoms with Crippen LogP contribution in [0.4, 0.5) is 15.2 Å². The summed E-state index contributed by atoms with van der Waals surface area (Å²) in [5, 5.41) is 4.57. The summed E-state index contributed by atoms with van der Waals surface area (Å²) in [6.07, 6.45) is 1.92. The second-order valence-corrected chi connectivity index (χ2v) is 7.26. The lowest BCUT2D eigenvalue weighted by Crippen LogP contribution is -2.24. The van der Waals surface area contributed by atoms with Crippen molar-refractivity contribution in [3.8, 4) is 0 Å². The van der Waals surface area contributed by atoms with Crippen molar-refractivity contribution in [3.05, 3.63) is 65.3 Å². The molecule has 3 aromatic rings. The first-order valence-corrected chi connectivity index (χ1v) is 10.3. The molecule has 2 heterocycles. The molecule has 0 spiro atoms. The predicted molar refractivity (Wildman–Crippen MR) is 111 cm³/mol. The van der Waals surface area contributed by atoms with Gasteiger partial charge >= 0.3 is 5.97 Å². The highest BCUT2D eigenvalue weighted by molar-refractivity contribution is 7.14. The zero-order valence-electron chi connectivity index (χ0n) is 16.7. The smallest absolute Gasteiger partial charge is 0.306 e. The molecule has 0 saturated heterocycles. The van der Waals surface area contributed by atoms with Gasteiger partial charge in [0.1, 0.15) is 12.4 Å². The van der Waals surface area contributed by atoms with Gasteiger partial charge in [-0.3, -0.25) is 19.3 Å². The maximum absolute atomic E-state index is 14.1. The molecule has 1 N–H and O–H groups in total. The summed E-state index contributed by atoms with van der Waals surface area (Å²) in [5.41, 5.74) is 0.548. The van der Waals surface area contributed by atoms with Gasteiger partial charge in [-0.1, -0.05) is 12.1 Å². The van der Waals surface area contributed by atoms with Crippen LogP contribution in [-0.2, 0) is 20.9 Å². The van der Waals surface area contributed by atoms with E-state index in [1.807, 2.05) is 0 Å². The van der Waals surface area contributed by atoms with E-state index in [-0.39, 0.29) is 41.4 Å². The van der Waals surface area contributed by atoms with Crippen molar-refractivity contribution in [3.63, 3.8) is 0 Å². The molecule has 0 aliphatic heterocycles. The average Bonchev–Trinajstić information content (AvgIpc) is 3.43. The van der Waals surface area contributed by atoms with Crippen molar-refractivity contribution in [2.75, 3.05) is 11.4 Å². The van der Waals surface area contributed by atoms with Crippen LogP contribution < -0.4 is 10.2 Å². The largest absolute Gasteiger partial charge is 0.459 e. The van der Waals surface area contributed by atoms with E-state index >= 15 is 0 Å². The molecule has 0 bridgehead atoms. The number of thiazole rings is 1. The zero-order chi connectivity index (χ0) is 22.2. The third kappa shape index (κ3) is 5.98. The Kier molecular flexibility index (Phi) is 7.50. The molecule has 1 aromatic carbocycles. The summed E-state index contributed by atoms with van der Waals surface area (Å²) in [6, 6.07) is 9.07. The van der Waals surface area contributed by atoms with E-state index in [0.717, 1.165) is 11.3 Å². The standard InChI is InChI=1S/C21H20FN3O5S/c1-14(26)25(17-7-3-2-6-16(17)22)21-24-15(13-31-21)12-30-19(27)9-4-10-23-20(28)18-8-5-11-29-18/h2-3,5-8,11,13H,4,9-10,12H2,1H3,(H,23,28). The summed E-state index contributed by atoms with van der Waals surface area (Å²) >= 11 is 1.14. The Morgan fingerprint density at radius 1 is 1.23 bits per heavy atom. The van der Waals surface area contributed by atoms with Gasteiger partial charge in [-0.05, 0) is 30.7 Å². The fraction of sp³-hybridized carbons (Fsp3) is 0.238. The number of carbonyl (C=O) groups excluding carboxylic acids is 3. The molecule has 0 saturated carbocycles. The number of hydrogen-bond donors (Lipinski definition) is 1. The average molecular weight is 445 g/mol. The molecule has 0 unspecified atom stereocenters.